The summed E-state index contributed by atoms with van der Waals surface area (Å²) in [5, 5.41) is 2.30. The molecule has 1 atom stereocenters. The van der Waals surface area contributed by atoms with Crippen LogP contribution in [0.25, 0.3) is 0 Å². The topological polar surface area (TPSA) is 89.6 Å². The third kappa shape index (κ3) is 4.24. The normalized spacial score (nSPS) is 16.2. The van der Waals surface area contributed by atoms with E-state index in [-0.39, 0.29) is 22.8 Å². The Morgan fingerprint density at radius 1 is 1.36 bits per heavy atom. The minimum atomic E-state index is -0.836. The van der Waals surface area contributed by atoms with Crippen molar-refractivity contribution in [2.45, 2.75) is 18.9 Å². The standard InChI is InChI=1S/C17H16ClFN4O2/c18-15-14(19)13(7-8-21-15)16(24)22-11-4-1-10(2-5-11)3-6-12-9-25-17(20)23-12/h1-2,4-5,7-8,12H,3,6,9H2,(H2,20,23)(H,22,24). The number of aryl methyl sites for hydroxylation is 1. The molecule has 1 aromatic heterocycles. The molecule has 1 aromatic carbocycles. The molecule has 1 unspecified atom stereocenters. The van der Waals surface area contributed by atoms with Crippen molar-refractivity contribution in [1.29, 1.82) is 0 Å². The maximum atomic E-state index is 13.8. The second-order valence-electron chi connectivity index (χ2n) is 5.59. The Morgan fingerprint density at radius 2 is 2.12 bits per heavy atom. The fourth-order valence-corrected chi connectivity index (χ4v) is 2.62. The van der Waals surface area contributed by atoms with Gasteiger partial charge >= 0.3 is 0 Å². The molecule has 0 spiro atoms. The summed E-state index contributed by atoms with van der Waals surface area (Å²) >= 11 is 5.59. The molecule has 1 amide bonds. The largest absolute Gasteiger partial charge is 0.463 e. The van der Waals surface area contributed by atoms with Gasteiger partial charge in [-0.15, -0.1) is 0 Å². The lowest BCUT2D eigenvalue weighted by Crippen LogP contribution is -2.14. The highest BCUT2D eigenvalue weighted by molar-refractivity contribution is 6.30. The van der Waals surface area contributed by atoms with Gasteiger partial charge in [-0.25, -0.2) is 14.4 Å². The molecule has 6 nitrogen and oxygen atoms in total. The Hall–Kier alpha value is -2.67. The van der Waals surface area contributed by atoms with Crippen molar-refractivity contribution >= 4 is 29.2 Å². The number of rotatable bonds is 5. The molecule has 8 heteroatoms. The van der Waals surface area contributed by atoms with Gasteiger partial charge in [0.05, 0.1) is 11.6 Å². The number of pyridine rings is 1. The number of aliphatic imine (C=N–C) groups is 1. The van der Waals surface area contributed by atoms with Crippen LogP contribution in [0, 0.1) is 5.82 Å². The molecule has 0 aliphatic carbocycles. The maximum absolute atomic E-state index is 13.8. The van der Waals surface area contributed by atoms with E-state index < -0.39 is 11.7 Å². The number of ether oxygens (including phenoxy) is 1. The van der Waals surface area contributed by atoms with Crippen LogP contribution in [0.5, 0.6) is 0 Å². The number of halogens is 2. The minimum absolute atomic E-state index is 0.0822. The van der Waals surface area contributed by atoms with E-state index in [0.29, 0.717) is 12.3 Å². The summed E-state index contributed by atoms with van der Waals surface area (Å²) in [6.45, 7) is 0.514. The smallest absolute Gasteiger partial charge is 0.282 e. The Balaban J connectivity index is 1.59. The van der Waals surface area contributed by atoms with Crippen LogP contribution >= 0.6 is 11.6 Å². The molecule has 0 saturated heterocycles. The summed E-state index contributed by atoms with van der Waals surface area (Å²) in [6.07, 6.45) is 2.92. The van der Waals surface area contributed by atoms with E-state index in [1.54, 1.807) is 12.1 Å². The zero-order chi connectivity index (χ0) is 17.8. The Morgan fingerprint density at radius 3 is 2.80 bits per heavy atom. The average molecular weight is 363 g/mol. The monoisotopic (exact) mass is 362 g/mol. The van der Waals surface area contributed by atoms with Gasteiger partial charge in [-0.1, -0.05) is 23.7 Å². The first-order valence-electron chi connectivity index (χ1n) is 7.69. The third-order valence-electron chi connectivity index (χ3n) is 3.80. The zero-order valence-electron chi connectivity index (χ0n) is 13.2. The second kappa shape index (κ2) is 7.48. The third-order valence-corrected chi connectivity index (χ3v) is 4.07. The van der Waals surface area contributed by atoms with Crippen LogP contribution in [0.1, 0.15) is 22.3 Å². The van der Waals surface area contributed by atoms with E-state index in [2.05, 4.69) is 15.3 Å². The van der Waals surface area contributed by atoms with Gasteiger partial charge < -0.3 is 15.8 Å². The Kier molecular flexibility index (Phi) is 5.14. The molecule has 3 rings (SSSR count). The molecular formula is C17H16ClFN4O2. The van der Waals surface area contributed by atoms with Crippen molar-refractivity contribution in [2.24, 2.45) is 10.7 Å². The van der Waals surface area contributed by atoms with Crippen molar-refractivity contribution in [1.82, 2.24) is 4.98 Å². The van der Waals surface area contributed by atoms with E-state index in [0.717, 1.165) is 18.4 Å². The molecule has 1 aliphatic heterocycles. The first-order valence-corrected chi connectivity index (χ1v) is 8.07. The summed E-state index contributed by atoms with van der Waals surface area (Å²) in [6, 6.07) is 8.92. The lowest BCUT2D eigenvalue weighted by Gasteiger charge is -2.08. The summed E-state index contributed by atoms with van der Waals surface area (Å²) < 4.78 is 18.9. The molecule has 0 saturated carbocycles. The van der Waals surface area contributed by atoms with Crippen molar-refractivity contribution in [3.63, 3.8) is 0 Å². The fraction of sp³-hybridized carbons (Fsp3) is 0.235. The summed E-state index contributed by atoms with van der Waals surface area (Å²) in [4.78, 5) is 19.9. The number of nitrogens with one attached hydrogen (secondary N) is 1. The highest BCUT2D eigenvalue weighted by atomic mass is 35.5. The van der Waals surface area contributed by atoms with Crippen LogP contribution in [0.2, 0.25) is 5.15 Å². The first-order chi connectivity index (χ1) is 12.0. The van der Waals surface area contributed by atoms with Crippen molar-refractivity contribution in [2.75, 3.05) is 11.9 Å². The molecule has 1 aliphatic rings. The van der Waals surface area contributed by atoms with E-state index in [1.165, 1.54) is 12.3 Å². The first kappa shape index (κ1) is 17.2. The number of hydrogen-bond acceptors (Lipinski definition) is 5. The van der Waals surface area contributed by atoms with Crippen LogP contribution in [-0.2, 0) is 11.2 Å². The Labute approximate surface area is 148 Å². The number of anilines is 1. The van der Waals surface area contributed by atoms with Gasteiger partial charge in [0, 0.05) is 11.9 Å². The van der Waals surface area contributed by atoms with Crippen molar-refractivity contribution in [3.8, 4) is 0 Å². The van der Waals surface area contributed by atoms with Crippen LogP contribution in [0.4, 0.5) is 10.1 Å². The lowest BCUT2D eigenvalue weighted by molar-refractivity contribution is 0.102. The number of carbonyl (C=O) groups is 1. The predicted octanol–water partition coefficient (Wildman–Crippen LogP) is 2.77. The number of carbonyl (C=O) groups excluding carboxylic acids is 1. The Bertz CT molecular complexity index is 811. The SMILES string of the molecule is NC1=NC(CCc2ccc(NC(=O)c3ccnc(Cl)c3F)cc2)CO1. The van der Waals surface area contributed by atoms with Crippen LogP contribution in [0.3, 0.4) is 0 Å². The van der Waals surface area contributed by atoms with Crippen molar-refractivity contribution in [3.05, 3.63) is 58.6 Å². The van der Waals surface area contributed by atoms with E-state index in [9.17, 15) is 9.18 Å². The van der Waals surface area contributed by atoms with Gasteiger partial charge in [0.15, 0.2) is 11.0 Å². The summed E-state index contributed by atoms with van der Waals surface area (Å²) in [7, 11) is 0. The second-order valence-corrected chi connectivity index (χ2v) is 5.94. The van der Waals surface area contributed by atoms with Gasteiger partial charge in [-0.3, -0.25) is 4.79 Å². The number of nitrogens with zero attached hydrogens (tertiary/aromatic N) is 2. The van der Waals surface area contributed by atoms with Crippen LogP contribution < -0.4 is 11.1 Å². The lowest BCUT2D eigenvalue weighted by atomic mass is 10.1. The highest BCUT2D eigenvalue weighted by Crippen LogP contribution is 2.18. The molecule has 0 fully saturated rings. The van der Waals surface area contributed by atoms with Gasteiger partial charge in [0.25, 0.3) is 11.9 Å². The molecule has 0 bridgehead atoms. The van der Waals surface area contributed by atoms with Crippen molar-refractivity contribution < 1.29 is 13.9 Å². The number of nitrogens with two attached hydrogens (primary N) is 1. The predicted molar refractivity (Wildman–Crippen MR) is 93.3 cm³/mol. The number of amidine groups is 1. The zero-order valence-corrected chi connectivity index (χ0v) is 14.0. The van der Waals surface area contributed by atoms with Gasteiger partial charge in [0.1, 0.15) is 6.61 Å². The molecule has 0 radical (unpaired) electrons. The average Bonchev–Trinajstić information content (AvgIpc) is 3.02. The number of hydrogen-bond donors (Lipinski definition) is 2. The van der Waals surface area contributed by atoms with Crippen LogP contribution in [-0.4, -0.2) is 29.6 Å². The summed E-state index contributed by atoms with van der Waals surface area (Å²) in [5.74, 6) is -1.42. The maximum Gasteiger partial charge on any atom is 0.282 e. The van der Waals surface area contributed by atoms with E-state index >= 15 is 0 Å². The molecule has 2 heterocycles. The van der Waals surface area contributed by atoms with E-state index in [4.69, 9.17) is 22.1 Å². The quantitative estimate of drug-likeness (QED) is 0.800. The molecule has 25 heavy (non-hydrogen) atoms. The molecular weight excluding hydrogens is 347 g/mol. The molecule has 2 aromatic rings. The highest BCUT2D eigenvalue weighted by Gasteiger charge is 2.17. The molecule has 3 N–H and O–H groups in total. The van der Waals surface area contributed by atoms with Gasteiger partial charge in [0.2, 0.25) is 0 Å². The number of benzene rings is 1. The van der Waals surface area contributed by atoms with Crippen LogP contribution in [0.15, 0.2) is 41.5 Å². The fourth-order valence-electron chi connectivity index (χ4n) is 2.46. The number of amides is 1. The van der Waals surface area contributed by atoms with Gasteiger partial charge in [-0.05, 0) is 36.6 Å². The van der Waals surface area contributed by atoms with E-state index in [1.807, 2.05) is 12.1 Å². The number of aromatic nitrogens is 1. The minimum Gasteiger partial charge on any atom is -0.463 e. The molecule has 130 valence electrons. The van der Waals surface area contributed by atoms with Gasteiger partial charge in [-0.2, -0.15) is 0 Å². The summed E-state index contributed by atoms with van der Waals surface area (Å²) in [5.41, 5.74) is 6.98.